The molecule has 0 aromatic carbocycles. The molecule has 6 heteroatoms. The molecule has 0 aliphatic carbocycles. The van der Waals surface area contributed by atoms with Gasteiger partial charge in [0.1, 0.15) is 12.1 Å². The standard InChI is InChI=1S/C4H4N6/c5-3-1-7-9-4-6-2-8-10(3)4/h1-2H,5H2. The summed E-state index contributed by atoms with van der Waals surface area (Å²) < 4.78 is 1.41. The van der Waals surface area contributed by atoms with Crippen LogP contribution in [0.1, 0.15) is 0 Å². The smallest absolute Gasteiger partial charge is 0.273 e. The van der Waals surface area contributed by atoms with Gasteiger partial charge in [-0.25, -0.2) is 0 Å². The third kappa shape index (κ3) is 0.524. The normalized spacial score (nSPS) is 10.4. The molecule has 0 unspecified atom stereocenters. The zero-order valence-corrected chi connectivity index (χ0v) is 4.97. The van der Waals surface area contributed by atoms with Gasteiger partial charge in [-0.15, -0.1) is 5.10 Å². The number of fused-ring (bicyclic) bond motifs is 1. The summed E-state index contributed by atoms with van der Waals surface area (Å²) in [5.74, 6) is 0.850. The molecular formula is C4H4N6. The highest BCUT2D eigenvalue weighted by atomic mass is 15.4. The summed E-state index contributed by atoms with van der Waals surface area (Å²) in [7, 11) is 0. The van der Waals surface area contributed by atoms with Crippen molar-refractivity contribution in [1.82, 2.24) is 24.8 Å². The van der Waals surface area contributed by atoms with Gasteiger partial charge in [-0.3, -0.25) is 0 Å². The molecule has 0 aliphatic heterocycles. The highest BCUT2D eigenvalue weighted by molar-refractivity contribution is 5.34. The van der Waals surface area contributed by atoms with Crippen LogP contribution in [0.15, 0.2) is 12.5 Å². The number of nitrogen functional groups attached to an aromatic ring is 1. The number of rotatable bonds is 0. The van der Waals surface area contributed by atoms with Crippen LogP contribution in [0.2, 0.25) is 0 Å². The molecule has 0 aliphatic rings. The molecule has 0 fully saturated rings. The van der Waals surface area contributed by atoms with Gasteiger partial charge in [-0.05, 0) is 0 Å². The second-order valence-corrected chi connectivity index (χ2v) is 1.74. The molecule has 0 saturated carbocycles. The van der Waals surface area contributed by atoms with Gasteiger partial charge < -0.3 is 5.73 Å². The molecule has 2 heterocycles. The Morgan fingerprint density at radius 2 is 2.40 bits per heavy atom. The average molecular weight is 136 g/mol. The van der Waals surface area contributed by atoms with Crippen molar-refractivity contribution in [2.45, 2.75) is 0 Å². The Bertz CT molecular complexity index is 351. The molecule has 0 radical (unpaired) electrons. The van der Waals surface area contributed by atoms with Crippen LogP contribution >= 0.6 is 0 Å². The van der Waals surface area contributed by atoms with Gasteiger partial charge in [0.05, 0.1) is 6.20 Å². The number of anilines is 1. The second-order valence-electron chi connectivity index (χ2n) is 1.74. The van der Waals surface area contributed by atoms with E-state index in [-0.39, 0.29) is 0 Å². The van der Waals surface area contributed by atoms with E-state index in [2.05, 4.69) is 20.3 Å². The first kappa shape index (κ1) is 5.10. The maximum Gasteiger partial charge on any atom is 0.273 e. The fraction of sp³-hybridized carbons (Fsp3) is 0. The first-order chi connectivity index (χ1) is 4.88. The summed E-state index contributed by atoms with van der Waals surface area (Å²) in [6.45, 7) is 0. The Kier molecular flexibility index (Phi) is 0.830. The Balaban J connectivity index is 2.95. The summed E-state index contributed by atoms with van der Waals surface area (Å²) in [5.41, 5.74) is 5.46. The van der Waals surface area contributed by atoms with E-state index in [1.54, 1.807) is 0 Å². The SMILES string of the molecule is Nc1cnnc2ncnn12. The summed E-state index contributed by atoms with van der Waals surface area (Å²) in [6.07, 6.45) is 2.79. The lowest BCUT2D eigenvalue weighted by molar-refractivity contribution is 0.899. The molecule has 0 amide bonds. The number of hydrogen-bond acceptors (Lipinski definition) is 5. The third-order valence-electron chi connectivity index (χ3n) is 1.11. The quantitative estimate of drug-likeness (QED) is 0.507. The summed E-state index contributed by atoms with van der Waals surface area (Å²) in [4.78, 5) is 3.78. The fourth-order valence-electron chi connectivity index (χ4n) is 0.680. The summed E-state index contributed by atoms with van der Waals surface area (Å²) in [5, 5.41) is 11.0. The summed E-state index contributed by atoms with van der Waals surface area (Å²) in [6, 6.07) is 0. The first-order valence-corrected chi connectivity index (χ1v) is 2.65. The maximum absolute atomic E-state index is 5.46. The first-order valence-electron chi connectivity index (χ1n) is 2.65. The minimum Gasteiger partial charge on any atom is -0.382 e. The fourth-order valence-corrected chi connectivity index (χ4v) is 0.680. The van der Waals surface area contributed by atoms with Gasteiger partial charge in [-0.2, -0.15) is 19.7 Å². The van der Waals surface area contributed by atoms with E-state index in [0.29, 0.717) is 11.6 Å². The topological polar surface area (TPSA) is 82.0 Å². The molecule has 10 heavy (non-hydrogen) atoms. The predicted molar refractivity (Wildman–Crippen MR) is 33.0 cm³/mol. The molecule has 0 spiro atoms. The van der Waals surface area contributed by atoms with Crippen LogP contribution in [0.5, 0.6) is 0 Å². The van der Waals surface area contributed by atoms with E-state index in [1.165, 1.54) is 17.0 Å². The van der Waals surface area contributed by atoms with E-state index < -0.39 is 0 Å². The number of nitrogens with two attached hydrogens (primary N) is 1. The van der Waals surface area contributed by atoms with Crippen molar-refractivity contribution >= 4 is 11.6 Å². The Hall–Kier alpha value is -1.72. The predicted octanol–water partition coefficient (Wildman–Crippen LogP) is -0.899. The molecule has 0 atom stereocenters. The Labute approximate surface area is 55.7 Å². The van der Waals surface area contributed by atoms with Gasteiger partial charge in [0.25, 0.3) is 5.78 Å². The number of hydrogen-bond donors (Lipinski definition) is 1. The lowest BCUT2D eigenvalue weighted by Crippen LogP contribution is -2.00. The zero-order valence-electron chi connectivity index (χ0n) is 4.97. The van der Waals surface area contributed by atoms with Crippen LogP contribution in [0.4, 0.5) is 5.82 Å². The third-order valence-corrected chi connectivity index (χ3v) is 1.11. The lowest BCUT2D eigenvalue weighted by atomic mass is 10.7. The minimum atomic E-state index is 0.417. The zero-order chi connectivity index (χ0) is 6.97. The highest BCUT2D eigenvalue weighted by Gasteiger charge is 1.97. The van der Waals surface area contributed by atoms with Crippen LogP contribution in [0.3, 0.4) is 0 Å². The van der Waals surface area contributed by atoms with E-state index >= 15 is 0 Å². The van der Waals surface area contributed by atoms with Crippen molar-refractivity contribution in [3.05, 3.63) is 12.5 Å². The van der Waals surface area contributed by atoms with Crippen molar-refractivity contribution in [2.24, 2.45) is 0 Å². The second kappa shape index (κ2) is 1.63. The van der Waals surface area contributed by atoms with Gasteiger partial charge in [0.2, 0.25) is 0 Å². The maximum atomic E-state index is 5.46. The molecule has 2 aromatic rings. The van der Waals surface area contributed by atoms with Crippen LogP contribution in [0.25, 0.3) is 5.78 Å². The van der Waals surface area contributed by atoms with Crippen molar-refractivity contribution in [3.63, 3.8) is 0 Å². The van der Waals surface area contributed by atoms with Gasteiger partial charge >= 0.3 is 0 Å². The molecule has 6 nitrogen and oxygen atoms in total. The molecule has 0 saturated heterocycles. The summed E-state index contributed by atoms with van der Waals surface area (Å²) >= 11 is 0. The Morgan fingerprint density at radius 3 is 3.20 bits per heavy atom. The van der Waals surface area contributed by atoms with Gasteiger partial charge in [0, 0.05) is 0 Å². The van der Waals surface area contributed by atoms with Gasteiger partial charge in [-0.1, -0.05) is 0 Å². The molecule has 2 aromatic heterocycles. The van der Waals surface area contributed by atoms with E-state index in [4.69, 9.17) is 5.73 Å². The van der Waals surface area contributed by atoms with E-state index in [0.717, 1.165) is 0 Å². The van der Waals surface area contributed by atoms with Crippen molar-refractivity contribution in [1.29, 1.82) is 0 Å². The molecule has 50 valence electrons. The van der Waals surface area contributed by atoms with Crippen LogP contribution < -0.4 is 5.73 Å². The van der Waals surface area contributed by atoms with E-state index in [1.807, 2.05) is 0 Å². The van der Waals surface area contributed by atoms with Crippen molar-refractivity contribution in [3.8, 4) is 0 Å². The molecular weight excluding hydrogens is 132 g/mol. The van der Waals surface area contributed by atoms with Crippen LogP contribution in [0, 0.1) is 0 Å². The lowest BCUT2D eigenvalue weighted by Gasteiger charge is -1.91. The molecule has 0 bridgehead atoms. The number of nitrogens with zero attached hydrogens (tertiary/aromatic N) is 5. The van der Waals surface area contributed by atoms with Crippen molar-refractivity contribution in [2.75, 3.05) is 5.73 Å². The van der Waals surface area contributed by atoms with Crippen molar-refractivity contribution < 1.29 is 0 Å². The average Bonchev–Trinajstić information content (AvgIpc) is 2.36. The molecule has 2 rings (SSSR count). The number of aromatic nitrogens is 5. The van der Waals surface area contributed by atoms with Crippen LogP contribution in [-0.2, 0) is 0 Å². The highest BCUT2D eigenvalue weighted by Crippen LogP contribution is 1.96. The molecule has 2 N–H and O–H groups in total. The largest absolute Gasteiger partial charge is 0.382 e. The van der Waals surface area contributed by atoms with Crippen LogP contribution in [-0.4, -0.2) is 24.8 Å². The van der Waals surface area contributed by atoms with Gasteiger partial charge in [0.15, 0.2) is 0 Å². The Morgan fingerprint density at radius 1 is 1.50 bits per heavy atom. The van der Waals surface area contributed by atoms with E-state index in [9.17, 15) is 0 Å². The monoisotopic (exact) mass is 136 g/mol. The minimum absolute atomic E-state index is 0.417.